The summed E-state index contributed by atoms with van der Waals surface area (Å²) in [5.41, 5.74) is 6.01. The normalized spacial score (nSPS) is 28.1. The summed E-state index contributed by atoms with van der Waals surface area (Å²) in [6.07, 6.45) is 5.08. The minimum Gasteiger partial charge on any atom is -0.380 e. The highest BCUT2D eigenvalue weighted by molar-refractivity contribution is 5.78. The molecule has 1 saturated carbocycles. The van der Waals surface area contributed by atoms with Crippen molar-refractivity contribution in [1.82, 2.24) is 5.32 Å². The van der Waals surface area contributed by atoms with Gasteiger partial charge in [0.1, 0.15) is 0 Å². The Balaban J connectivity index is 2.09. The third-order valence-corrected chi connectivity index (χ3v) is 3.82. The lowest BCUT2D eigenvalue weighted by molar-refractivity contribution is -0.126. The van der Waals surface area contributed by atoms with Crippen molar-refractivity contribution in [2.45, 2.75) is 52.0 Å². The first-order valence-electron chi connectivity index (χ1n) is 7.26. The number of nitrogens with one attached hydrogen (secondary N) is 1. The molecule has 1 amide bonds. The fourth-order valence-electron chi connectivity index (χ4n) is 2.33. The lowest BCUT2D eigenvalue weighted by atomic mass is 9.79. The third kappa shape index (κ3) is 5.36. The highest BCUT2D eigenvalue weighted by Gasteiger charge is 2.29. The van der Waals surface area contributed by atoms with Crippen molar-refractivity contribution in [3.63, 3.8) is 0 Å². The molecule has 1 aliphatic rings. The van der Waals surface area contributed by atoms with Crippen LogP contribution in [-0.4, -0.2) is 31.7 Å². The molecule has 0 saturated heterocycles. The second kappa shape index (κ2) is 8.48. The second-order valence-electron chi connectivity index (χ2n) is 5.41. The quantitative estimate of drug-likeness (QED) is 0.681. The molecule has 0 spiro atoms. The minimum atomic E-state index is 0.104. The van der Waals surface area contributed by atoms with Gasteiger partial charge in [0.25, 0.3) is 0 Å². The largest absolute Gasteiger partial charge is 0.380 e. The number of rotatable bonds is 7. The monoisotopic (exact) mass is 256 g/mol. The predicted molar refractivity (Wildman–Crippen MR) is 73.2 cm³/mol. The van der Waals surface area contributed by atoms with E-state index in [1.165, 1.54) is 0 Å². The molecule has 0 aliphatic heterocycles. The molecule has 0 heterocycles. The van der Waals surface area contributed by atoms with Gasteiger partial charge in [-0.2, -0.15) is 0 Å². The number of nitrogens with two attached hydrogens (primary N) is 1. The van der Waals surface area contributed by atoms with Crippen LogP contribution in [0, 0.1) is 11.8 Å². The van der Waals surface area contributed by atoms with Crippen LogP contribution in [0.2, 0.25) is 0 Å². The molecule has 1 rings (SSSR count). The van der Waals surface area contributed by atoms with Crippen LogP contribution < -0.4 is 11.1 Å². The Morgan fingerprint density at radius 1 is 1.39 bits per heavy atom. The zero-order valence-electron chi connectivity index (χ0n) is 11.8. The van der Waals surface area contributed by atoms with Gasteiger partial charge in [-0.25, -0.2) is 0 Å². The van der Waals surface area contributed by atoms with Crippen LogP contribution in [0.15, 0.2) is 0 Å². The Morgan fingerprint density at radius 3 is 2.83 bits per heavy atom. The molecule has 3 atom stereocenters. The van der Waals surface area contributed by atoms with E-state index < -0.39 is 0 Å². The van der Waals surface area contributed by atoms with Crippen molar-refractivity contribution >= 4 is 5.91 Å². The van der Waals surface area contributed by atoms with Crippen LogP contribution in [0.5, 0.6) is 0 Å². The molecule has 1 aliphatic carbocycles. The molecule has 4 nitrogen and oxygen atoms in total. The minimum absolute atomic E-state index is 0.104. The van der Waals surface area contributed by atoms with Crippen molar-refractivity contribution in [3.05, 3.63) is 0 Å². The number of carbonyl (C=O) groups excluding carboxylic acids is 1. The van der Waals surface area contributed by atoms with Crippen molar-refractivity contribution in [2.75, 3.05) is 19.8 Å². The van der Waals surface area contributed by atoms with Gasteiger partial charge in [0.05, 0.1) is 6.61 Å². The molecule has 4 heteroatoms. The van der Waals surface area contributed by atoms with E-state index in [0.717, 1.165) is 38.7 Å². The van der Waals surface area contributed by atoms with E-state index in [9.17, 15) is 4.79 Å². The zero-order valence-corrected chi connectivity index (χ0v) is 11.8. The Kier molecular flexibility index (Phi) is 7.28. The van der Waals surface area contributed by atoms with Crippen LogP contribution in [0.4, 0.5) is 0 Å². The van der Waals surface area contributed by atoms with Crippen LogP contribution in [-0.2, 0) is 9.53 Å². The summed E-state index contributed by atoms with van der Waals surface area (Å²) in [6, 6.07) is 0.176. The van der Waals surface area contributed by atoms with Gasteiger partial charge in [0, 0.05) is 25.1 Å². The van der Waals surface area contributed by atoms with E-state index in [2.05, 4.69) is 19.2 Å². The van der Waals surface area contributed by atoms with E-state index in [0.29, 0.717) is 19.1 Å². The standard InChI is InChI=1S/C14H28N2O2/c1-3-4-8-18-9-7-16-14(17)12-6-5-11(2)13(15)10-12/h11-13H,3-10,15H2,1-2H3,(H,16,17). The van der Waals surface area contributed by atoms with Crippen LogP contribution >= 0.6 is 0 Å². The Hall–Kier alpha value is -0.610. The topological polar surface area (TPSA) is 64.3 Å². The van der Waals surface area contributed by atoms with Crippen molar-refractivity contribution in [1.29, 1.82) is 0 Å². The first-order valence-corrected chi connectivity index (χ1v) is 7.26. The fourth-order valence-corrected chi connectivity index (χ4v) is 2.33. The molecule has 0 aromatic rings. The van der Waals surface area contributed by atoms with E-state index >= 15 is 0 Å². The highest BCUT2D eigenvalue weighted by Crippen LogP contribution is 2.27. The Bertz CT molecular complexity index is 246. The van der Waals surface area contributed by atoms with Gasteiger partial charge < -0.3 is 15.8 Å². The summed E-state index contributed by atoms with van der Waals surface area (Å²) >= 11 is 0. The number of hydrogen-bond acceptors (Lipinski definition) is 3. The molecule has 106 valence electrons. The zero-order chi connectivity index (χ0) is 13.4. The van der Waals surface area contributed by atoms with Crippen molar-refractivity contribution in [3.8, 4) is 0 Å². The molecule has 3 unspecified atom stereocenters. The number of amides is 1. The molecule has 0 bridgehead atoms. The summed E-state index contributed by atoms with van der Waals surface area (Å²) in [5.74, 6) is 0.801. The number of unbranched alkanes of at least 4 members (excludes halogenated alkanes) is 1. The predicted octanol–water partition coefficient (Wildman–Crippen LogP) is 1.68. The smallest absolute Gasteiger partial charge is 0.223 e. The summed E-state index contributed by atoms with van der Waals surface area (Å²) in [4.78, 5) is 11.9. The Labute approximate surface area is 111 Å². The van der Waals surface area contributed by atoms with E-state index in [4.69, 9.17) is 10.5 Å². The second-order valence-corrected chi connectivity index (χ2v) is 5.41. The van der Waals surface area contributed by atoms with Gasteiger partial charge in [-0.3, -0.25) is 4.79 Å². The lowest BCUT2D eigenvalue weighted by Gasteiger charge is -2.31. The SMILES string of the molecule is CCCCOCCNC(=O)C1CCC(C)C(N)C1. The van der Waals surface area contributed by atoms with Crippen LogP contribution in [0.25, 0.3) is 0 Å². The summed E-state index contributed by atoms with van der Waals surface area (Å²) in [6.45, 7) is 6.32. The van der Waals surface area contributed by atoms with Crippen LogP contribution in [0.1, 0.15) is 46.0 Å². The summed E-state index contributed by atoms with van der Waals surface area (Å²) in [7, 11) is 0. The van der Waals surface area contributed by atoms with Crippen LogP contribution in [0.3, 0.4) is 0 Å². The maximum absolute atomic E-state index is 11.9. The van der Waals surface area contributed by atoms with Gasteiger partial charge in [-0.1, -0.05) is 20.3 Å². The van der Waals surface area contributed by atoms with E-state index in [-0.39, 0.29) is 17.9 Å². The van der Waals surface area contributed by atoms with Gasteiger partial charge in [0.15, 0.2) is 0 Å². The van der Waals surface area contributed by atoms with E-state index in [1.807, 2.05) is 0 Å². The molecule has 1 fully saturated rings. The van der Waals surface area contributed by atoms with E-state index in [1.54, 1.807) is 0 Å². The van der Waals surface area contributed by atoms with Gasteiger partial charge in [0.2, 0.25) is 5.91 Å². The molecular weight excluding hydrogens is 228 g/mol. The summed E-state index contributed by atoms with van der Waals surface area (Å²) < 4.78 is 5.41. The van der Waals surface area contributed by atoms with Crippen molar-refractivity contribution in [2.24, 2.45) is 17.6 Å². The molecular formula is C14H28N2O2. The Morgan fingerprint density at radius 2 is 2.17 bits per heavy atom. The highest BCUT2D eigenvalue weighted by atomic mass is 16.5. The molecule has 0 aromatic carbocycles. The number of hydrogen-bond donors (Lipinski definition) is 2. The molecule has 18 heavy (non-hydrogen) atoms. The van der Waals surface area contributed by atoms with Crippen molar-refractivity contribution < 1.29 is 9.53 Å². The molecule has 0 aromatic heterocycles. The molecule has 3 N–H and O–H groups in total. The molecule has 0 radical (unpaired) electrons. The first-order chi connectivity index (χ1) is 8.65. The first kappa shape index (κ1) is 15.4. The average Bonchev–Trinajstić information content (AvgIpc) is 2.36. The third-order valence-electron chi connectivity index (χ3n) is 3.82. The van der Waals surface area contributed by atoms with Gasteiger partial charge >= 0.3 is 0 Å². The summed E-state index contributed by atoms with van der Waals surface area (Å²) in [5, 5.41) is 2.95. The maximum Gasteiger partial charge on any atom is 0.223 e. The lowest BCUT2D eigenvalue weighted by Crippen LogP contribution is -2.42. The maximum atomic E-state index is 11.9. The van der Waals surface area contributed by atoms with Gasteiger partial charge in [-0.05, 0) is 31.6 Å². The number of ether oxygens (including phenoxy) is 1. The number of carbonyl (C=O) groups is 1. The average molecular weight is 256 g/mol. The fraction of sp³-hybridized carbons (Fsp3) is 0.929. The van der Waals surface area contributed by atoms with Gasteiger partial charge in [-0.15, -0.1) is 0 Å².